The van der Waals surface area contributed by atoms with Crippen molar-refractivity contribution in [2.24, 2.45) is 0 Å². The maximum Gasteiger partial charge on any atom is 0.303 e. The average molecular weight is 318 g/mol. The van der Waals surface area contributed by atoms with Gasteiger partial charge in [0.1, 0.15) is 5.75 Å². The maximum absolute atomic E-state index is 10.9. The molecule has 0 aliphatic heterocycles. The van der Waals surface area contributed by atoms with Crippen LogP contribution in [0.25, 0.3) is 0 Å². The van der Waals surface area contributed by atoms with Crippen LogP contribution >= 0.6 is 12.4 Å². The number of rotatable bonds is 8. The molecule has 0 saturated heterocycles. The van der Waals surface area contributed by atoms with Crippen molar-refractivity contribution in [1.29, 1.82) is 0 Å². The Morgan fingerprint density at radius 1 is 1.43 bits per heavy atom. The molecule has 0 aliphatic rings. The SMILES string of the molecule is Cc1cc(OCCCCC(=O)O)cc([N+](=O)[O-])c1C=O.Cl. The Morgan fingerprint density at radius 2 is 2.10 bits per heavy atom. The van der Waals surface area contributed by atoms with Gasteiger partial charge in [-0.1, -0.05) is 0 Å². The second-order valence-electron chi connectivity index (χ2n) is 4.25. The minimum Gasteiger partial charge on any atom is -0.493 e. The summed E-state index contributed by atoms with van der Waals surface area (Å²) >= 11 is 0. The zero-order valence-corrected chi connectivity index (χ0v) is 12.2. The minimum absolute atomic E-state index is 0. The zero-order chi connectivity index (χ0) is 15.1. The lowest BCUT2D eigenvalue weighted by molar-refractivity contribution is -0.385. The number of carboxylic acid groups (broad SMARTS) is 1. The monoisotopic (exact) mass is 317 g/mol. The van der Waals surface area contributed by atoms with Gasteiger partial charge in [-0.25, -0.2) is 0 Å². The molecule has 1 N–H and O–H groups in total. The van der Waals surface area contributed by atoms with Crippen LogP contribution in [0.3, 0.4) is 0 Å². The number of benzene rings is 1. The fourth-order valence-electron chi connectivity index (χ4n) is 1.70. The number of ether oxygens (including phenoxy) is 1. The van der Waals surface area contributed by atoms with Gasteiger partial charge in [-0.3, -0.25) is 19.7 Å². The lowest BCUT2D eigenvalue weighted by Gasteiger charge is -2.08. The molecule has 0 unspecified atom stereocenters. The highest BCUT2D eigenvalue weighted by Crippen LogP contribution is 2.27. The number of aliphatic carboxylic acids is 1. The number of aryl methyl sites for hydroxylation is 1. The van der Waals surface area contributed by atoms with Gasteiger partial charge < -0.3 is 9.84 Å². The Bertz CT molecular complexity index is 532. The Labute approximate surface area is 127 Å². The van der Waals surface area contributed by atoms with Crippen molar-refractivity contribution in [3.05, 3.63) is 33.4 Å². The van der Waals surface area contributed by atoms with Gasteiger partial charge in [0.25, 0.3) is 5.69 Å². The van der Waals surface area contributed by atoms with Gasteiger partial charge in [0, 0.05) is 6.42 Å². The molecule has 0 amide bonds. The van der Waals surface area contributed by atoms with Crippen LogP contribution in [-0.4, -0.2) is 28.9 Å². The number of hydrogen-bond donors (Lipinski definition) is 1. The fourth-order valence-corrected chi connectivity index (χ4v) is 1.70. The molecule has 21 heavy (non-hydrogen) atoms. The number of carbonyl (C=O) groups excluding carboxylic acids is 1. The van der Waals surface area contributed by atoms with E-state index in [0.29, 0.717) is 30.4 Å². The molecular weight excluding hydrogens is 302 g/mol. The number of nitro benzene ring substituents is 1. The molecule has 0 radical (unpaired) electrons. The van der Waals surface area contributed by atoms with Gasteiger partial charge in [-0.15, -0.1) is 12.4 Å². The van der Waals surface area contributed by atoms with Crippen LogP contribution in [0.15, 0.2) is 12.1 Å². The van der Waals surface area contributed by atoms with Gasteiger partial charge >= 0.3 is 5.97 Å². The fraction of sp³-hybridized carbons (Fsp3) is 0.385. The Kier molecular flexibility index (Phi) is 8.00. The zero-order valence-electron chi connectivity index (χ0n) is 11.4. The molecule has 0 aromatic heterocycles. The number of carbonyl (C=O) groups is 2. The second kappa shape index (κ2) is 8.91. The van der Waals surface area contributed by atoms with Crippen molar-refractivity contribution in [1.82, 2.24) is 0 Å². The van der Waals surface area contributed by atoms with Crippen LogP contribution in [0, 0.1) is 17.0 Å². The van der Waals surface area contributed by atoms with E-state index in [1.165, 1.54) is 6.07 Å². The summed E-state index contributed by atoms with van der Waals surface area (Å²) in [5.74, 6) is -0.568. The maximum atomic E-state index is 10.9. The van der Waals surface area contributed by atoms with Crippen molar-refractivity contribution >= 4 is 30.3 Å². The standard InChI is InChI=1S/C13H15NO6.ClH/c1-9-6-10(20-5-3-2-4-13(16)17)7-12(14(18)19)11(9)8-15;/h6-8H,2-5H2,1H3,(H,16,17);1H. The summed E-state index contributed by atoms with van der Waals surface area (Å²) in [6.45, 7) is 1.86. The number of aldehydes is 1. The highest BCUT2D eigenvalue weighted by Gasteiger charge is 2.17. The summed E-state index contributed by atoms with van der Waals surface area (Å²) in [6, 6.07) is 2.75. The quantitative estimate of drug-likeness (QED) is 0.342. The number of nitro groups is 1. The minimum atomic E-state index is -0.869. The molecule has 0 aliphatic carbocycles. The predicted octanol–water partition coefficient (Wildman–Crippen LogP) is 2.77. The lowest BCUT2D eigenvalue weighted by Crippen LogP contribution is -2.03. The van der Waals surface area contributed by atoms with E-state index in [4.69, 9.17) is 9.84 Å². The van der Waals surface area contributed by atoms with Crippen LogP contribution in [0.2, 0.25) is 0 Å². The Morgan fingerprint density at radius 3 is 2.62 bits per heavy atom. The smallest absolute Gasteiger partial charge is 0.303 e. The average Bonchev–Trinajstić information content (AvgIpc) is 2.37. The van der Waals surface area contributed by atoms with Crippen molar-refractivity contribution in [2.45, 2.75) is 26.2 Å². The molecular formula is C13H16ClNO6. The van der Waals surface area contributed by atoms with Crippen LogP contribution in [-0.2, 0) is 4.79 Å². The number of unbranched alkanes of at least 4 members (excludes halogenated alkanes) is 1. The van der Waals surface area contributed by atoms with E-state index in [-0.39, 0.29) is 36.7 Å². The molecule has 0 atom stereocenters. The van der Waals surface area contributed by atoms with E-state index in [0.717, 1.165) is 0 Å². The summed E-state index contributed by atoms with van der Waals surface area (Å²) in [4.78, 5) is 31.4. The summed E-state index contributed by atoms with van der Waals surface area (Å²) in [5, 5.41) is 19.3. The van der Waals surface area contributed by atoms with Crippen LogP contribution < -0.4 is 4.74 Å². The predicted molar refractivity (Wildman–Crippen MR) is 77.5 cm³/mol. The van der Waals surface area contributed by atoms with Crippen molar-refractivity contribution < 1.29 is 24.4 Å². The third-order valence-electron chi connectivity index (χ3n) is 2.71. The molecule has 0 saturated carbocycles. The Balaban J connectivity index is 0.00000400. The van der Waals surface area contributed by atoms with E-state index in [2.05, 4.69) is 0 Å². The van der Waals surface area contributed by atoms with Gasteiger partial charge in [0.15, 0.2) is 6.29 Å². The molecule has 7 nitrogen and oxygen atoms in total. The second-order valence-corrected chi connectivity index (χ2v) is 4.25. The molecule has 1 rings (SSSR count). The molecule has 1 aromatic carbocycles. The highest BCUT2D eigenvalue weighted by atomic mass is 35.5. The van der Waals surface area contributed by atoms with E-state index in [9.17, 15) is 19.7 Å². The van der Waals surface area contributed by atoms with Gasteiger partial charge in [0.05, 0.1) is 23.2 Å². The van der Waals surface area contributed by atoms with E-state index in [1.54, 1.807) is 13.0 Å². The molecule has 0 spiro atoms. The normalized spacial score (nSPS) is 9.57. The summed E-state index contributed by atoms with van der Waals surface area (Å²) in [7, 11) is 0. The van der Waals surface area contributed by atoms with Gasteiger partial charge in [0.2, 0.25) is 0 Å². The number of nitrogens with zero attached hydrogens (tertiary/aromatic N) is 1. The molecule has 0 fully saturated rings. The molecule has 0 bridgehead atoms. The van der Waals surface area contributed by atoms with E-state index >= 15 is 0 Å². The van der Waals surface area contributed by atoms with Gasteiger partial charge in [-0.05, 0) is 31.4 Å². The topological polar surface area (TPSA) is 107 Å². The van der Waals surface area contributed by atoms with E-state index in [1.807, 2.05) is 0 Å². The first-order valence-corrected chi connectivity index (χ1v) is 6.04. The molecule has 0 heterocycles. The number of carboxylic acids is 1. The largest absolute Gasteiger partial charge is 0.493 e. The first-order valence-electron chi connectivity index (χ1n) is 6.04. The van der Waals surface area contributed by atoms with Crippen LogP contribution in [0.1, 0.15) is 35.2 Å². The van der Waals surface area contributed by atoms with Crippen molar-refractivity contribution in [2.75, 3.05) is 6.61 Å². The lowest BCUT2D eigenvalue weighted by atomic mass is 10.1. The van der Waals surface area contributed by atoms with Crippen LogP contribution in [0.4, 0.5) is 5.69 Å². The summed E-state index contributed by atoms with van der Waals surface area (Å²) < 4.78 is 5.35. The Hall–Kier alpha value is -2.15. The first kappa shape index (κ1) is 18.9. The van der Waals surface area contributed by atoms with Gasteiger partial charge in [-0.2, -0.15) is 0 Å². The molecule has 8 heteroatoms. The van der Waals surface area contributed by atoms with Crippen molar-refractivity contribution in [3.8, 4) is 5.75 Å². The first-order chi connectivity index (χ1) is 9.45. The summed E-state index contributed by atoms with van der Waals surface area (Å²) in [5.41, 5.74) is 0.212. The molecule has 116 valence electrons. The number of hydrogen-bond acceptors (Lipinski definition) is 5. The van der Waals surface area contributed by atoms with E-state index < -0.39 is 10.9 Å². The third kappa shape index (κ3) is 5.78. The number of halogens is 1. The highest BCUT2D eigenvalue weighted by molar-refractivity contribution is 5.85. The summed E-state index contributed by atoms with van der Waals surface area (Å²) in [6.07, 6.45) is 1.52. The van der Waals surface area contributed by atoms with Crippen LogP contribution in [0.5, 0.6) is 5.75 Å². The third-order valence-corrected chi connectivity index (χ3v) is 2.71. The molecule has 1 aromatic rings. The van der Waals surface area contributed by atoms with Crippen molar-refractivity contribution in [3.63, 3.8) is 0 Å².